The van der Waals surface area contributed by atoms with Crippen molar-refractivity contribution in [3.05, 3.63) is 34.1 Å². The van der Waals surface area contributed by atoms with E-state index < -0.39 is 0 Å². The van der Waals surface area contributed by atoms with Crippen LogP contribution in [0.5, 0.6) is 0 Å². The zero-order chi connectivity index (χ0) is 10.8. The Balaban J connectivity index is 0.00000128. The normalized spacial score (nSPS) is 20.8. The van der Waals surface area contributed by atoms with Crippen LogP contribution in [0.3, 0.4) is 0 Å². The second-order valence-corrected chi connectivity index (χ2v) is 4.89. The summed E-state index contributed by atoms with van der Waals surface area (Å²) < 4.78 is 13.5. The van der Waals surface area contributed by atoms with Crippen LogP contribution in [0.15, 0.2) is 22.7 Å². The Morgan fingerprint density at radius 1 is 1.50 bits per heavy atom. The number of benzene rings is 1. The van der Waals surface area contributed by atoms with Crippen LogP contribution in [0.1, 0.15) is 12.0 Å². The van der Waals surface area contributed by atoms with Crippen molar-refractivity contribution in [2.45, 2.75) is 19.0 Å². The Bertz CT molecular complexity index is 362. The number of nitrogens with zero attached hydrogens (tertiary/aromatic N) is 1. The van der Waals surface area contributed by atoms with Gasteiger partial charge in [0.15, 0.2) is 0 Å². The highest BCUT2D eigenvalue weighted by molar-refractivity contribution is 9.10. The number of halogens is 3. The average molecular weight is 310 g/mol. The molecule has 0 bridgehead atoms. The lowest BCUT2D eigenvalue weighted by molar-refractivity contribution is 0.326. The molecular weight excluding hydrogens is 294 g/mol. The summed E-state index contributed by atoms with van der Waals surface area (Å²) >= 11 is 3.19. The summed E-state index contributed by atoms with van der Waals surface area (Å²) in [5.41, 5.74) is 6.94. The molecule has 16 heavy (non-hydrogen) atoms. The lowest BCUT2D eigenvalue weighted by Crippen LogP contribution is -2.26. The van der Waals surface area contributed by atoms with Crippen LogP contribution < -0.4 is 5.73 Å². The van der Waals surface area contributed by atoms with Crippen LogP contribution in [0.4, 0.5) is 4.39 Å². The van der Waals surface area contributed by atoms with Crippen LogP contribution in [0.25, 0.3) is 0 Å². The number of likely N-dealkylation sites (tertiary alicyclic amines) is 1. The van der Waals surface area contributed by atoms with Gasteiger partial charge in [0.1, 0.15) is 5.82 Å². The van der Waals surface area contributed by atoms with Crippen molar-refractivity contribution < 1.29 is 4.39 Å². The number of nitrogens with two attached hydrogens (primary N) is 1. The van der Waals surface area contributed by atoms with Gasteiger partial charge in [0.2, 0.25) is 0 Å². The van der Waals surface area contributed by atoms with Crippen molar-refractivity contribution in [2.75, 3.05) is 13.1 Å². The Labute approximate surface area is 110 Å². The SMILES string of the molecule is Cl.NC1CCN(Cc2ccc(F)c(Br)c2)C1. The minimum absolute atomic E-state index is 0. The standard InChI is InChI=1S/C11H14BrFN2.ClH/c12-10-5-8(1-2-11(10)13)6-15-4-3-9(14)7-15;/h1-2,5,9H,3-4,6-7,14H2;1H. The van der Waals surface area contributed by atoms with E-state index in [-0.39, 0.29) is 18.2 Å². The largest absolute Gasteiger partial charge is 0.326 e. The summed E-state index contributed by atoms with van der Waals surface area (Å²) in [7, 11) is 0. The van der Waals surface area contributed by atoms with Crippen molar-refractivity contribution >= 4 is 28.3 Å². The Kier molecular flexibility index (Phi) is 5.18. The molecule has 1 unspecified atom stereocenters. The van der Waals surface area contributed by atoms with Gasteiger partial charge in [-0.2, -0.15) is 0 Å². The first-order valence-electron chi connectivity index (χ1n) is 5.07. The molecule has 2 N–H and O–H groups in total. The lowest BCUT2D eigenvalue weighted by atomic mass is 10.2. The van der Waals surface area contributed by atoms with E-state index in [1.165, 1.54) is 6.07 Å². The smallest absolute Gasteiger partial charge is 0.137 e. The van der Waals surface area contributed by atoms with Gasteiger partial charge in [-0.15, -0.1) is 12.4 Å². The maximum Gasteiger partial charge on any atom is 0.137 e. The average Bonchev–Trinajstić information content (AvgIpc) is 2.58. The highest BCUT2D eigenvalue weighted by Crippen LogP contribution is 2.19. The third-order valence-electron chi connectivity index (χ3n) is 2.70. The molecule has 0 amide bonds. The molecule has 5 heteroatoms. The van der Waals surface area contributed by atoms with Crippen molar-refractivity contribution in [3.8, 4) is 0 Å². The molecule has 1 aromatic carbocycles. The second kappa shape index (κ2) is 5.96. The summed E-state index contributed by atoms with van der Waals surface area (Å²) in [6.07, 6.45) is 1.06. The molecule has 1 saturated heterocycles. The first-order chi connectivity index (χ1) is 7.15. The molecule has 1 aromatic rings. The van der Waals surface area contributed by atoms with Gasteiger partial charge in [0, 0.05) is 25.7 Å². The van der Waals surface area contributed by atoms with E-state index in [2.05, 4.69) is 20.8 Å². The van der Waals surface area contributed by atoms with Gasteiger partial charge in [-0.1, -0.05) is 6.07 Å². The van der Waals surface area contributed by atoms with Crippen LogP contribution in [0, 0.1) is 5.82 Å². The zero-order valence-electron chi connectivity index (χ0n) is 8.83. The van der Waals surface area contributed by atoms with E-state index in [0.29, 0.717) is 10.5 Å². The van der Waals surface area contributed by atoms with Gasteiger partial charge in [-0.25, -0.2) is 4.39 Å². The molecule has 1 aliphatic heterocycles. The predicted molar refractivity (Wildman–Crippen MR) is 69.2 cm³/mol. The molecule has 0 aliphatic carbocycles. The maximum absolute atomic E-state index is 13.0. The Hall–Kier alpha value is -0.160. The highest BCUT2D eigenvalue weighted by atomic mass is 79.9. The zero-order valence-corrected chi connectivity index (χ0v) is 11.2. The first-order valence-corrected chi connectivity index (χ1v) is 5.86. The van der Waals surface area contributed by atoms with Crippen LogP contribution in [-0.2, 0) is 6.54 Å². The number of rotatable bonds is 2. The first kappa shape index (κ1) is 13.9. The monoisotopic (exact) mass is 308 g/mol. The van der Waals surface area contributed by atoms with Crippen LogP contribution in [-0.4, -0.2) is 24.0 Å². The van der Waals surface area contributed by atoms with E-state index in [9.17, 15) is 4.39 Å². The summed E-state index contributed by atoms with van der Waals surface area (Å²) in [6.45, 7) is 2.83. The topological polar surface area (TPSA) is 29.3 Å². The van der Waals surface area contributed by atoms with Gasteiger partial charge in [-0.3, -0.25) is 4.90 Å². The summed E-state index contributed by atoms with van der Waals surface area (Å²) in [5.74, 6) is -0.211. The molecule has 90 valence electrons. The van der Waals surface area contributed by atoms with E-state index in [4.69, 9.17) is 5.73 Å². The highest BCUT2D eigenvalue weighted by Gasteiger charge is 2.18. The third-order valence-corrected chi connectivity index (χ3v) is 3.31. The fraction of sp³-hybridized carbons (Fsp3) is 0.455. The van der Waals surface area contributed by atoms with Crippen molar-refractivity contribution in [3.63, 3.8) is 0 Å². The molecule has 0 spiro atoms. The van der Waals surface area contributed by atoms with Crippen molar-refractivity contribution in [1.82, 2.24) is 4.90 Å². The van der Waals surface area contributed by atoms with Gasteiger partial charge >= 0.3 is 0 Å². The molecule has 0 saturated carbocycles. The minimum atomic E-state index is -0.211. The molecule has 1 heterocycles. The van der Waals surface area contributed by atoms with E-state index in [1.54, 1.807) is 0 Å². The van der Waals surface area contributed by atoms with Gasteiger partial charge in [-0.05, 0) is 40.0 Å². The summed E-state index contributed by atoms with van der Waals surface area (Å²) in [4.78, 5) is 2.30. The van der Waals surface area contributed by atoms with Gasteiger partial charge < -0.3 is 5.73 Å². The molecule has 1 fully saturated rings. The fourth-order valence-corrected chi connectivity index (χ4v) is 2.33. The lowest BCUT2D eigenvalue weighted by Gasteiger charge is -2.15. The van der Waals surface area contributed by atoms with E-state index >= 15 is 0 Å². The minimum Gasteiger partial charge on any atom is -0.326 e. The maximum atomic E-state index is 13.0. The number of hydrogen-bond acceptors (Lipinski definition) is 2. The molecule has 2 nitrogen and oxygen atoms in total. The van der Waals surface area contributed by atoms with Gasteiger partial charge in [0.05, 0.1) is 4.47 Å². The number of hydrogen-bond donors (Lipinski definition) is 1. The fourth-order valence-electron chi connectivity index (χ4n) is 1.90. The molecule has 1 atom stereocenters. The van der Waals surface area contributed by atoms with Crippen LogP contribution >= 0.6 is 28.3 Å². The Morgan fingerprint density at radius 3 is 2.81 bits per heavy atom. The molecule has 1 aliphatic rings. The molecular formula is C11H15BrClFN2. The molecule has 0 aromatic heterocycles. The summed E-state index contributed by atoms with van der Waals surface area (Å²) in [5, 5.41) is 0. The Morgan fingerprint density at radius 2 is 2.25 bits per heavy atom. The second-order valence-electron chi connectivity index (χ2n) is 4.03. The quantitative estimate of drug-likeness (QED) is 0.910. The van der Waals surface area contributed by atoms with Gasteiger partial charge in [0.25, 0.3) is 0 Å². The molecule has 2 rings (SSSR count). The summed E-state index contributed by atoms with van der Waals surface area (Å²) in [6, 6.07) is 5.45. The van der Waals surface area contributed by atoms with E-state index in [1.807, 2.05) is 12.1 Å². The predicted octanol–water partition coefficient (Wildman–Crippen LogP) is 2.54. The third kappa shape index (κ3) is 3.42. The van der Waals surface area contributed by atoms with E-state index in [0.717, 1.165) is 31.6 Å². The van der Waals surface area contributed by atoms with Crippen LogP contribution in [0.2, 0.25) is 0 Å². The molecule has 0 radical (unpaired) electrons. The van der Waals surface area contributed by atoms with Crippen molar-refractivity contribution in [1.29, 1.82) is 0 Å². The van der Waals surface area contributed by atoms with Crippen molar-refractivity contribution in [2.24, 2.45) is 5.73 Å².